The van der Waals surface area contributed by atoms with Gasteiger partial charge in [-0.2, -0.15) is 10.2 Å². The molecule has 1 aromatic rings. The molecule has 1 aliphatic carbocycles. The molecule has 2 unspecified atom stereocenters. The normalized spacial score (nSPS) is 22.6. The Kier molecular flexibility index (Phi) is 4.70. The summed E-state index contributed by atoms with van der Waals surface area (Å²) in [6.45, 7) is 4.33. The molecular weight excluding hydrogens is 252 g/mol. The van der Waals surface area contributed by atoms with E-state index in [2.05, 4.69) is 10.2 Å². The zero-order valence-electron chi connectivity index (χ0n) is 12.6. The van der Waals surface area contributed by atoms with E-state index in [-0.39, 0.29) is 11.9 Å². The maximum Gasteiger partial charge on any atom is 0.255 e. The van der Waals surface area contributed by atoms with Crippen molar-refractivity contribution >= 4 is 5.91 Å². The van der Waals surface area contributed by atoms with Gasteiger partial charge in [-0.15, -0.1) is 0 Å². The highest BCUT2D eigenvalue weighted by Gasteiger charge is 2.31. The largest absolute Gasteiger partial charge is 0.338 e. The molecule has 1 aromatic heterocycles. The SMILES string of the molecule is Cc1cc(C(=O)N(C)C2CCCCC2CN)c(C)nn1. The van der Waals surface area contributed by atoms with Gasteiger partial charge in [0, 0.05) is 13.1 Å². The molecule has 1 amide bonds. The minimum absolute atomic E-state index is 0.0332. The molecule has 0 radical (unpaired) electrons. The number of nitrogens with two attached hydrogens (primary N) is 1. The van der Waals surface area contributed by atoms with Crippen molar-refractivity contribution in [1.82, 2.24) is 15.1 Å². The van der Waals surface area contributed by atoms with Crippen molar-refractivity contribution in [3.63, 3.8) is 0 Å². The highest BCUT2D eigenvalue weighted by atomic mass is 16.2. The third kappa shape index (κ3) is 2.98. The lowest BCUT2D eigenvalue weighted by Crippen LogP contribution is -2.46. The first kappa shape index (κ1) is 14.9. The van der Waals surface area contributed by atoms with Crippen molar-refractivity contribution in [1.29, 1.82) is 0 Å². The highest BCUT2D eigenvalue weighted by Crippen LogP contribution is 2.28. The molecule has 110 valence electrons. The molecule has 0 saturated heterocycles. The fourth-order valence-electron chi connectivity index (χ4n) is 3.08. The molecule has 2 rings (SSSR count). The second-order valence-electron chi connectivity index (χ2n) is 5.75. The van der Waals surface area contributed by atoms with Crippen molar-refractivity contribution in [2.45, 2.75) is 45.6 Å². The number of aryl methyl sites for hydroxylation is 2. The smallest absolute Gasteiger partial charge is 0.255 e. The van der Waals surface area contributed by atoms with Gasteiger partial charge in [-0.05, 0) is 45.2 Å². The minimum Gasteiger partial charge on any atom is -0.338 e. The average molecular weight is 276 g/mol. The van der Waals surface area contributed by atoms with Gasteiger partial charge in [0.25, 0.3) is 5.91 Å². The Labute approximate surface area is 120 Å². The first-order valence-electron chi connectivity index (χ1n) is 7.32. The van der Waals surface area contributed by atoms with Crippen molar-refractivity contribution in [3.8, 4) is 0 Å². The van der Waals surface area contributed by atoms with Crippen LogP contribution >= 0.6 is 0 Å². The van der Waals surface area contributed by atoms with E-state index in [0.717, 1.165) is 18.5 Å². The fraction of sp³-hybridized carbons (Fsp3) is 0.667. The molecule has 1 aliphatic rings. The number of rotatable bonds is 3. The summed E-state index contributed by atoms with van der Waals surface area (Å²) in [5.41, 5.74) is 7.98. The molecule has 0 bridgehead atoms. The predicted molar refractivity (Wildman–Crippen MR) is 78.4 cm³/mol. The van der Waals surface area contributed by atoms with Gasteiger partial charge in [-0.25, -0.2) is 0 Å². The molecule has 5 heteroatoms. The van der Waals surface area contributed by atoms with Gasteiger partial charge < -0.3 is 10.6 Å². The number of carbonyl (C=O) groups excluding carboxylic acids is 1. The second kappa shape index (κ2) is 6.31. The molecule has 20 heavy (non-hydrogen) atoms. The fourth-order valence-corrected chi connectivity index (χ4v) is 3.08. The number of carbonyl (C=O) groups is 1. The van der Waals surface area contributed by atoms with Crippen molar-refractivity contribution in [2.75, 3.05) is 13.6 Å². The molecule has 0 aromatic carbocycles. The van der Waals surface area contributed by atoms with Crippen LogP contribution in [0.25, 0.3) is 0 Å². The van der Waals surface area contributed by atoms with Crippen LogP contribution in [0.2, 0.25) is 0 Å². The summed E-state index contributed by atoms with van der Waals surface area (Å²) in [4.78, 5) is 14.6. The summed E-state index contributed by atoms with van der Waals surface area (Å²) in [6, 6.07) is 2.07. The Morgan fingerprint density at radius 2 is 2.05 bits per heavy atom. The highest BCUT2D eigenvalue weighted by molar-refractivity contribution is 5.95. The summed E-state index contributed by atoms with van der Waals surface area (Å²) in [5.74, 6) is 0.444. The Balaban J connectivity index is 2.21. The summed E-state index contributed by atoms with van der Waals surface area (Å²) in [5, 5.41) is 8.03. The Hall–Kier alpha value is -1.49. The summed E-state index contributed by atoms with van der Waals surface area (Å²) < 4.78 is 0. The Morgan fingerprint density at radius 3 is 2.75 bits per heavy atom. The molecule has 0 aliphatic heterocycles. The first-order valence-corrected chi connectivity index (χ1v) is 7.32. The monoisotopic (exact) mass is 276 g/mol. The lowest BCUT2D eigenvalue weighted by molar-refractivity contribution is 0.0618. The van der Waals surface area contributed by atoms with E-state index in [9.17, 15) is 4.79 Å². The molecule has 1 fully saturated rings. The van der Waals surface area contributed by atoms with Crippen LogP contribution in [-0.4, -0.2) is 40.6 Å². The second-order valence-corrected chi connectivity index (χ2v) is 5.75. The average Bonchev–Trinajstić information content (AvgIpc) is 2.48. The lowest BCUT2D eigenvalue weighted by Gasteiger charge is -2.37. The summed E-state index contributed by atoms with van der Waals surface area (Å²) >= 11 is 0. The van der Waals surface area contributed by atoms with E-state index < -0.39 is 0 Å². The number of hydrogen-bond acceptors (Lipinski definition) is 4. The standard InChI is InChI=1S/C15H24N4O/c1-10-8-13(11(2)18-17-10)15(20)19(3)14-7-5-4-6-12(14)9-16/h8,12,14H,4-7,9,16H2,1-3H3. The van der Waals surface area contributed by atoms with Gasteiger partial charge in [0.1, 0.15) is 0 Å². The Morgan fingerprint density at radius 1 is 1.35 bits per heavy atom. The lowest BCUT2D eigenvalue weighted by atomic mass is 9.83. The molecule has 1 saturated carbocycles. The molecule has 0 spiro atoms. The van der Waals surface area contributed by atoms with Gasteiger partial charge in [0.05, 0.1) is 17.0 Å². The Bertz CT molecular complexity index is 489. The van der Waals surface area contributed by atoms with Gasteiger partial charge in [0.2, 0.25) is 0 Å². The topological polar surface area (TPSA) is 72.1 Å². The third-order valence-corrected chi connectivity index (χ3v) is 4.32. The van der Waals surface area contributed by atoms with Crippen molar-refractivity contribution < 1.29 is 4.79 Å². The first-order chi connectivity index (χ1) is 9.54. The molecule has 1 heterocycles. The zero-order chi connectivity index (χ0) is 14.7. The van der Waals surface area contributed by atoms with Crippen LogP contribution in [0.15, 0.2) is 6.07 Å². The maximum atomic E-state index is 12.7. The zero-order valence-corrected chi connectivity index (χ0v) is 12.6. The van der Waals surface area contributed by atoms with Crippen LogP contribution in [-0.2, 0) is 0 Å². The molecule has 2 N–H and O–H groups in total. The number of amides is 1. The predicted octanol–water partition coefficient (Wildman–Crippen LogP) is 1.68. The summed E-state index contributed by atoms with van der Waals surface area (Å²) in [6.07, 6.45) is 4.55. The number of aromatic nitrogens is 2. The van der Waals surface area contributed by atoms with Gasteiger partial charge >= 0.3 is 0 Å². The molecule has 5 nitrogen and oxygen atoms in total. The van der Waals surface area contributed by atoms with Gasteiger partial charge in [-0.1, -0.05) is 12.8 Å². The van der Waals surface area contributed by atoms with Crippen molar-refractivity contribution in [3.05, 3.63) is 23.0 Å². The van der Waals surface area contributed by atoms with Crippen LogP contribution in [0.3, 0.4) is 0 Å². The van der Waals surface area contributed by atoms with E-state index in [1.165, 1.54) is 12.8 Å². The number of nitrogens with zero attached hydrogens (tertiary/aromatic N) is 3. The van der Waals surface area contributed by atoms with Crippen LogP contribution in [0, 0.1) is 19.8 Å². The van der Waals surface area contributed by atoms with Crippen LogP contribution in [0.4, 0.5) is 0 Å². The maximum absolute atomic E-state index is 12.7. The minimum atomic E-state index is 0.0332. The van der Waals surface area contributed by atoms with Crippen molar-refractivity contribution in [2.24, 2.45) is 11.7 Å². The van der Waals surface area contributed by atoms with Gasteiger partial charge in [-0.3, -0.25) is 4.79 Å². The van der Waals surface area contributed by atoms with Crippen LogP contribution < -0.4 is 5.73 Å². The van der Waals surface area contributed by atoms with E-state index in [1.54, 1.807) is 0 Å². The van der Waals surface area contributed by atoms with E-state index in [4.69, 9.17) is 5.73 Å². The summed E-state index contributed by atoms with van der Waals surface area (Å²) in [7, 11) is 1.89. The van der Waals surface area contributed by atoms with E-state index in [0.29, 0.717) is 23.7 Å². The van der Waals surface area contributed by atoms with Gasteiger partial charge in [0.15, 0.2) is 0 Å². The van der Waals surface area contributed by atoms with E-state index in [1.807, 2.05) is 31.9 Å². The third-order valence-electron chi connectivity index (χ3n) is 4.32. The quantitative estimate of drug-likeness (QED) is 0.911. The van der Waals surface area contributed by atoms with Crippen LogP contribution in [0.5, 0.6) is 0 Å². The molecule has 2 atom stereocenters. The number of hydrogen-bond donors (Lipinski definition) is 1. The van der Waals surface area contributed by atoms with Crippen LogP contribution in [0.1, 0.15) is 47.4 Å². The van der Waals surface area contributed by atoms with E-state index >= 15 is 0 Å². The molecular formula is C15H24N4O.